The monoisotopic (exact) mass is 195 g/mol. The Kier molecular flexibility index (Phi) is 2.51. The Labute approximate surface area is 81.9 Å². The highest BCUT2D eigenvalue weighted by Crippen LogP contribution is 2.13. The molecule has 0 unspecified atom stereocenters. The summed E-state index contributed by atoms with van der Waals surface area (Å²) >= 11 is 0. The number of nitrogens with two attached hydrogens (primary N) is 1. The first-order valence-corrected chi connectivity index (χ1v) is 4.49. The standard InChI is InChI=1S/C9H13N3O2/c10-9-2-1-6(3-11-9)12-7-4-14-5-8(7)13/h1-3,7-8,12-13H,4-5H2,(H2,10,11)/t7-,8-/m1/s1. The molecule has 0 aromatic carbocycles. The van der Waals surface area contributed by atoms with Crippen LogP contribution in [0.5, 0.6) is 0 Å². The Balaban J connectivity index is 2.00. The Hall–Kier alpha value is -1.33. The smallest absolute Gasteiger partial charge is 0.123 e. The van der Waals surface area contributed by atoms with Crippen molar-refractivity contribution in [3.63, 3.8) is 0 Å². The largest absolute Gasteiger partial charge is 0.388 e. The summed E-state index contributed by atoms with van der Waals surface area (Å²) in [5, 5.41) is 12.6. The lowest BCUT2D eigenvalue weighted by Crippen LogP contribution is -2.31. The minimum atomic E-state index is -0.451. The van der Waals surface area contributed by atoms with Gasteiger partial charge in [0.1, 0.15) is 5.82 Å². The van der Waals surface area contributed by atoms with Crippen molar-refractivity contribution in [3.8, 4) is 0 Å². The zero-order valence-electron chi connectivity index (χ0n) is 7.68. The quantitative estimate of drug-likeness (QED) is 0.610. The van der Waals surface area contributed by atoms with Crippen LogP contribution >= 0.6 is 0 Å². The van der Waals surface area contributed by atoms with E-state index >= 15 is 0 Å². The topological polar surface area (TPSA) is 80.4 Å². The highest BCUT2D eigenvalue weighted by atomic mass is 16.5. The minimum Gasteiger partial charge on any atom is -0.388 e. The lowest BCUT2D eigenvalue weighted by atomic mass is 10.2. The molecule has 1 aliphatic heterocycles. The van der Waals surface area contributed by atoms with E-state index < -0.39 is 6.10 Å². The van der Waals surface area contributed by atoms with Crippen molar-refractivity contribution in [1.29, 1.82) is 0 Å². The summed E-state index contributed by atoms with van der Waals surface area (Å²) in [6.45, 7) is 0.908. The van der Waals surface area contributed by atoms with E-state index in [1.54, 1.807) is 12.3 Å². The highest BCUT2D eigenvalue weighted by Gasteiger charge is 2.25. The molecule has 4 N–H and O–H groups in total. The van der Waals surface area contributed by atoms with Gasteiger partial charge >= 0.3 is 0 Å². The average molecular weight is 195 g/mol. The van der Waals surface area contributed by atoms with E-state index in [4.69, 9.17) is 10.5 Å². The van der Waals surface area contributed by atoms with Gasteiger partial charge in [0.25, 0.3) is 0 Å². The van der Waals surface area contributed by atoms with Crippen LogP contribution in [-0.2, 0) is 4.74 Å². The number of nitrogen functional groups attached to an aromatic ring is 1. The third-order valence-corrected chi connectivity index (χ3v) is 2.19. The molecule has 0 radical (unpaired) electrons. The number of aromatic nitrogens is 1. The molecule has 2 atom stereocenters. The van der Waals surface area contributed by atoms with Gasteiger partial charge < -0.3 is 20.9 Å². The summed E-state index contributed by atoms with van der Waals surface area (Å²) in [6, 6.07) is 3.48. The van der Waals surface area contributed by atoms with Crippen LogP contribution in [-0.4, -0.2) is 35.5 Å². The first kappa shape index (κ1) is 9.23. The molecule has 2 heterocycles. The normalized spacial score (nSPS) is 26.4. The molecule has 0 bridgehead atoms. The van der Waals surface area contributed by atoms with Crippen molar-refractivity contribution >= 4 is 11.5 Å². The first-order chi connectivity index (χ1) is 6.75. The molecule has 1 aliphatic rings. The molecule has 14 heavy (non-hydrogen) atoms. The lowest BCUT2D eigenvalue weighted by Gasteiger charge is -2.15. The number of hydrogen-bond donors (Lipinski definition) is 3. The molecular weight excluding hydrogens is 182 g/mol. The molecule has 0 spiro atoms. The van der Waals surface area contributed by atoms with Gasteiger partial charge in [-0.15, -0.1) is 0 Å². The molecule has 1 saturated heterocycles. The van der Waals surface area contributed by atoms with Crippen LogP contribution in [0.4, 0.5) is 11.5 Å². The van der Waals surface area contributed by atoms with E-state index in [9.17, 15) is 5.11 Å². The molecule has 5 heteroatoms. The summed E-state index contributed by atoms with van der Waals surface area (Å²) in [5.74, 6) is 0.485. The fourth-order valence-electron chi connectivity index (χ4n) is 1.39. The molecular formula is C9H13N3O2. The van der Waals surface area contributed by atoms with Gasteiger partial charge in [-0.1, -0.05) is 0 Å². The van der Waals surface area contributed by atoms with Crippen LogP contribution in [0.1, 0.15) is 0 Å². The van der Waals surface area contributed by atoms with E-state index in [2.05, 4.69) is 10.3 Å². The number of hydrogen-bond acceptors (Lipinski definition) is 5. The predicted octanol–water partition coefficient (Wildman–Crippen LogP) is -0.165. The third kappa shape index (κ3) is 1.94. The molecule has 1 fully saturated rings. The van der Waals surface area contributed by atoms with E-state index in [1.165, 1.54) is 0 Å². The Bertz CT molecular complexity index is 301. The van der Waals surface area contributed by atoms with Crippen LogP contribution in [0.2, 0.25) is 0 Å². The van der Waals surface area contributed by atoms with Gasteiger partial charge in [-0.2, -0.15) is 0 Å². The number of nitrogens with zero attached hydrogens (tertiary/aromatic N) is 1. The fraction of sp³-hybridized carbons (Fsp3) is 0.444. The van der Waals surface area contributed by atoms with Gasteiger partial charge in [0.05, 0.1) is 37.2 Å². The highest BCUT2D eigenvalue weighted by molar-refractivity contribution is 5.46. The summed E-state index contributed by atoms with van der Waals surface area (Å²) in [7, 11) is 0. The van der Waals surface area contributed by atoms with E-state index in [0.717, 1.165) is 5.69 Å². The molecule has 1 aromatic heterocycles. The molecule has 1 aromatic rings. The van der Waals surface area contributed by atoms with Gasteiger partial charge in [-0.3, -0.25) is 0 Å². The second-order valence-corrected chi connectivity index (χ2v) is 3.33. The van der Waals surface area contributed by atoms with Gasteiger partial charge in [-0.25, -0.2) is 4.98 Å². The van der Waals surface area contributed by atoms with Gasteiger partial charge in [0, 0.05) is 0 Å². The molecule has 2 rings (SSSR count). The first-order valence-electron chi connectivity index (χ1n) is 4.49. The average Bonchev–Trinajstić information content (AvgIpc) is 2.56. The summed E-state index contributed by atoms with van der Waals surface area (Å²) in [6.07, 6.45) is 1.19. The van der Waals surface area contributed by atoms with Crippen LogP contribution < -0.4 is 11.1 Å². The SMILES string of the molecule is Nc1ccc(N[C@@H]2COC[C@H]2O)cn1. The Morgan fingerprint density at radius 2 is 2.36 bits per heavy atom. The Morgan fingerprint density at radius 3 is 2.93 bits per heavy atom. The van der Waals surface area contributed by atoms with Crippen molar-refractivity contribution in [2.45, 2.75) is 12.1 Å². The van der Waals surface area contributed by atoms with Gasteiger partial charge in [-0.05, 0) is 12.1 Å². The second-order valence-electron chi connectivity index (χ2n) is 3.33. The number of anilines is 2. The maximum atomic E-state index is 9.47. The predicted molar refractivity (Wildman–Crippen MR) is 52.9 cm³/mol. The van der Waals surface area contributed by atoms with Crippen molar-refractivity contribution in [3.05, 3.63) is 18.3 Å². The fourth-order valence-corrected chi connectivity index (χ4v) is 1.39. The molecule has 0 amide bonds. The minimum absolute atomic E-state index is 0.0552. The summed E-state index contributed by atoms with van der Waals surface area (Å²) in [4.78, 5) is 3.94. The summed E-state index contributed by atoms with van der Waals surface area (Å²) < 4.78 is 5.11. The van der Waals surface area contributed by atoms with Crippen molar-refractivity contribution in [2.75, 3.05) is 24.3 Å². The molecule has 0 aliphatic carbocycles. The van der Waals surface area contributed by atoms with Crippen LogP contribution in [0.3, 0.4) is 0 Å². The van der Waals surface area contributed by atoms with Crippen LogP contribution in [0.25, 0.3) is 0 Å². The zero-order chi connectivity index (χ0) is 9.97. The summed E-state index contributed by atoms with van der Waals surface area (Å²) in [5.41, 5.74) is 6.29. The lowest BCUT2D eigenvalue weighted by molar-refractivity contribution is 0.125. The number of aliphatic hydroxyl groups is 1. The number of pyridine rings is 1. The molecule has 0 saturated carbocycles. The molecule has 76 valence electrons. The number of rotatable bonds is 2. The van der Waals surface area contributed by atoms with Crippen molar-refractivity contribution in [1.82, 2.24) is 4.98 Å². The second kappa shape index (κ2) is 3.81. The number of ether oxygens (including phenoxy) is 1. The van der Waals surface area contributed by atoms with Crippen LogP contribution in [0.15, 0.2) is 18.3 Å². The number of nitrogens with one attached hydrogen (secondary N) is 1. The number of aliphatic hydroxyl groups excluding tert-OH is 1. The van der Waals surface area contributed by atoms with Crippen molar-refractivity contribution in [2.24, 2.45) is 0 Å². The third-order valence-electron chi connectivity index (χ3n) is 2.19. The van der Waals surface area contributed by atoms with E-state index in [1.807, 2.05) is 6.07 Å². The van der Waals surface area contributed by atoms with E-state index in [0.29, 0.717) is 19.0 Å². The zero-order valence-corrected chi connectivity index (χ0v) is 7.68. The maximum Gasteiger partial charge on any atom is 0.123 e. The van der Waals surface area contributed by atoms with Crippen LogP contribution in [0, 0.1) is 0 Å². The van der Waals surface area contributed by atoms with E-state index in [-0.39, 0.29) is 6.04 Å². The Morgan fingerprint density at radius 1 is 1.50 bits per heavy atom. The van der Waals surface area contributed by atoms with Gasteiger partial charge in [0.2, 0.25) is 0 Å². The maximum absolute atomic E-state index is 9.47. The molecule has 5 nitrogen and oxygen atoms in total. The van der Waals surface area contributed by atoms with Crippen molar-refractivity contribution < 1.29 is 9.84 Å². The van der Waals surface area contributed by atoms with Gasteiger partial charge in [0.15, 0.2) is 0 Å².